The number of aliphatic hydroxyl groups is 1. The zero-order chi connectivity index (χ0) is 23.1. The Bertz CT molecular complexity index is 994. The van der Waals surface area contributed by atoms with E-state index in [1.807, 2.05) is 14.0 Å². The van der Waals surface area contributed by atoms with E-state index in [4.69, 9.17) is 9.84 Å². The Labute approximate surface area is 185 Å². The maximum Gasteiger partial charge on any atom is 0.431 e. The molecule has 0 aliphatic carbocycles. The number of fused-ring (bicyclic) bond motifs is 2. The van der Waals surface area contributed by atoms with Crippen LogP contribution in [0.2, 0.25) is 0 Å². The monoisotopic (exact) mass is 451 g/mol. The molecule has 0 bridgehead atoms. The van der Waals surface area contributed by atoms with Crippen LogP contribution in [0.1, 0.15) is 40.2 Å². The van der Waals surface area contributed by atoms with Crippen molar-refractivity contribution in [3.8, 4) is 5.75 Å². The molecule has 1 fully saturated rings. The maximum atomic E-state index is 13.4. The number of aliphatic hydroxyl groups excluding tert-OH is 1. The van der Waals surface area contributed by atoms with Crippen molar-refractivity contribution in [2.24, 2.45) is 0 Å². The number of rotatable bonds is 4. The van der Waals surface area contributed by atoms with Crippen LogP contribution in [0.5, 0.6) is 5.75 Å². The number of aromatic nitrogens is 1. The van der Waals surface area contributed by atoms with E-state index in [2.05, 4.69) is 4.90 Å². The number of carbonyl (C=O) groups is 1. The third kappa shape index (κ3) is 3.88. The first kappa shape index (κ1) is 22.7. The lowest BCUT2D eigenvalue weighted by molar-refractivity contribution is -0.144. The summed E-state index contributed by atoms with van der Waals surface area (Å²) in [6.45, 7) is 3.73. The largest absolute Gasteiger partial charge is 0.491 e. The summed E-state index contributed by atoms with van der Waals surface area (Å²) in [4.78, 5) is 17.0. The Balaban J connectivity index is 1.51. The van der Waals surface area contributed by atoms with Gasteiger partial charge in [0.1, 0.15) is 18.1 Å². The van der Waals surface area contributed by atoms with Crippen molar-refractivity contribution in [1.82, 2.24) is 14.4 Å². The molecule has 1 spiro atoms. The van der Waals surface area contributed by atoms with Crippen LogP contribution in [0.4, 0.5) is 13.2 Å². The van der Waals surface area contributed by atoms with Gasteiger partial charge in [-0.1, -0.05) is 0 Å². The molecule has 0 saturated carbocycles. The second kappa shape index (κ2) is 8.44. The molecule has 9 heteroatoms. The Hall–Kier alpha value is -2.52. The van der Waals surface area contributed by atoms with Crippen molar-refractivity contribution < 1.29 is 27.8 Å². The van der Waals surface area contributed by atoms with Gasteiger partial charge in [0.2, 0.25) is 0 Å². The molecule has 0 atom stereocenters. The Kier molecular flexibility index (Phi) is 5.98. The highest BCUT2D eigenvalue weighted by atomic mass is 19.4. The van der Waals surface area contributed by atoms with E-state index in [1.54, 1.807) is 29.2 Å². The van der Waals surface area contributed by atoms with Gasteiger partial charge in [-0.3, -0.25) is 9.69 Å². The summed E-state index contributed by atoms with van der Waals surface area (Å²) in [5, 5.41) is 8.91. The minimum atomic E-state index is -4.38. The van der Waals surface area contributed by atoms with Crippen molar-refractivity contribution in [2.75, 3.05) is 39.9 Å². The Morgan fingerprint density at radius 1 is 1.12 bits per heavy atom. The third-order valence-corrected chi connectivity index (χ3v) is 6.79. The Morgan fingerprint density at radius 3 is 2.47 bits per heavy atom. The number of amides is 1. The molecule has 174 valence electrons. The summed E-state index contributed by atoms with van der Waals surface area (Å²) >= 11 is 0. The number of alkyl halides is 3. The number of benzene rings is 1. The van der Waals surface area contributed by atoms with Gasteiger partial charge in [-0.25, -0.2) is 0 Å². The number of hydrogen-bond donors (Lipinski definition) is 1. The van der Waals surface area contributed by atoms with Gasteiger partial charge in [0, 0.05) is 37.4 Å². The predicted octanol–water partition coefficient (Wildman–Crippen LogP) is 3.26. The van der Waals surface area contributed by atoms with Crippen LogP contribution in [0.25, 0.3) is 0 Å². The second-order valence-corrected chi connectivity index (χ2v) is 8.55. The molecular formula is C23H28F3N3O3. The molecule has 1 aromatic carbocycles. The van der Waals surface area contributed by atoms with Crippen molar-refractivity contribution >= 4 is 5.91 Å². The Morgan fingerprint density at radius 2 is 1.84 bits per heavy atom. The van der Waals surface area contributed by atoms with Crippen LogP contribution in [0, 0.1) is 6.92 Å². The fourth-order valence-electron chi connectivity index (χ4n) is 5.02. The van der Waals surface area contributed by atoms with E-state index in [0.29, 0.717) is 56.0 Å². The SMILES string of the molecule is Cc1cc(C(=O)N2CCC3(CC2)c2ccc(C(F)(F)F)n2CCN3C)ccc1OCCO. The molecule has 2 aliphatic heterocycles. The number of carbonyl (C=O) groups excluding carboxylic acids is 1. The van der Waals surface area contributed by atoms with Crippen LogP contribution in [-0.2, 0) is 18.3 Å². The van der Waals surface area contributed by atoms with Crippen molar-refractivity contribution in [2.45, 2.75) is 38.0 Å². The molecule has 1 aromatic heterocycles. The molecule has 4 rings (SSSR count). The lowest BCUT2D eigenvalue weighted by Crippen LogP contribution is -2.56. The number of piperidine rings is 1. The normalized spacial score (nSPS) is 18.6. The molecule has 2 aromatic rings. The van der Waals surface area contributed by atoms with Gasteiger partial charge in [0.25, 0.3) is 5.91 Å². The van der Waals surface area contributed by atoms with E-state index < -0.39 is 17.4 Å². The van der Waals surface area contributed by atoms with Crippen molar-refractivity contribution in [3.63, 3.8) is 0 Å². The lowest BCUT2D eigenvalue weighted by Gasteiger charge is -2.50. The van der Waals surface area contributed by atoms with E-state index in [1.165, 1.54) is 10.6 Å². The van der Waals surface area contributed by atoms with Crippen LogP contribution in [0.15, 0.2) is 30.3 Å². The highest BCUT2D eigenvalue weighted by Gasteiger charge is 2.47. The minimum absolute atomic E-state index is 0.0854. The highest BCUT2D eigenvalue weighted by Crippen LogP contribution is 2.44. The number of likely N-dealkylation sites (N-methyl/N-ethyl adjacent to an activating group) is 1. The average molecular weight is 451 g/mol. The van der Waals surface area contributed by atoms with Gasteiger partial charge in [0.15, 0.2) is 0 Å². The van der Waals surface area contributed by atoms with Crippen LogP contribution >= 0.6 is 0 Å². The third-order valence-electron chi connectivity index (χ3n) is 6.79. The fourth-order valence-corrected chi connectivity index (χ4v) is 5.02. The van der Waals surface area contributed by atoms with Crippen LogP contribution < -0.4 is 4.74 Å². The first-order valence-corrected chi connectivity index (χ1v) is 10.8. The molecule has 32 heavy (non-hydrogen) atoms. The van der Waals surface area contributed by atoms with Crippen LogP contribution in [-0.4, -0.2) is 65.3 Å². The summed E-state index contributed by atoms with van der Waals surface area (Å²) in [6.07, 6.45) is -3.22. The smallest absolute Gasteiger partial charge is 0.431 e. The van der Waals surface area contributed by atoms with E-state index >= 15 is 0 Å². The summed E-state index contributed by atoms with van der Waals surface area (Å²) in [7, 11) is 1.95. The molecule has 2 aliphatic rings. The average Bonchev–Trinajstić information content (AvgIpc) is 3.21. The number of nitrogens with zero attached hydrogens (tertiary/aromatic N) is 3. The zero-order valence-electron chi connectivity index (χ0n) is 18.3. The number of likely N-dealkylation sites (tertiary alicyclic amines) is 1. The number of aryl methyl sites for hydroxylation is 1. The number of halogens is 3. The highest BCUT2D eigenvalue weighted by molar-refractivity contribution is 5.94. The molecule has 1 saturated heterocycles. The maximum absolute atomic E-state index is 13.4. The van der Waals surface area contributed by atoms with E-state index in [0.717, 1.165) is 5.56 Å². The molecule has 1 N–H and O–H groups in total. The number of ether oxygens (including phenoxy) is 1. The van der Waals surface area contributed by atoms with E-state index in [-0.39, 0.29) is 19.1 Å². The summed E-state index contributed by atoms with van der Waals surface area (Å²) in [5.41, 5.74) is 0.942. The minimum Gasteiger partial charge on any atom is -0.491 e. The molecule has 0 radical (unpaired) electrons. The topological polar surface area (TPSA) is 57.9 Å². The summed E-state index contributed by atoms with van der Waals surface area (Å²) < 4.78 is 47.2. The van der Waals surface area contributed by atoms with Gasteiger partial charge in [-0.05, 0) is 62.7 Å². The first-order valence-electron chi connectivity index (χ1n) is 10.8. The summed E-state index contributed by atoms with van der Waals surface area (Å²) in [5.74, 6) is 0.528. The molecule has 0 unspecified atom stereocenters. The van der Waals surface area contributed by atoms with Gasteiger partial charge in [-0.2, -0.15) is 13.2 Å². The van der Waals surface area contributed by atoms with Crippen LogP contribution in [0.3, 0.4) is 0 Å². The van der Waals surface area contributed by atoms with E-state index in [9.17, 15) is 18.0 Å². The quantitative estimate of drug-likeness (QED) is 0.776. The molecular weight excluding hydrogens is 423 g/mol. The lowest BCUT2D eigenvalue weighted by atomic mass is 9.81. The summed E-state index contributed by atoms with van der Waals surface area (Å²) in [6, 6.07) is 7.98. The fraction of sp³-hybridized carbons (Fsp3) is 0.522. The molecule has 1 amide bonds. The van der Waals surface area contributed by atoms with Gasteiger partial charge < -0.3 is 19.3 Å². The van der Waals surface area contributed by atoms with Gasteiger partial charge in [0.05, 0.1) is 12.1 Å². The standard InChI is InChI=1S/C23H28F3N3O3/c1-16-15-17(3-4-18(16)32-14-13-30)21(31)28-9-7-22(8-10-28)19-5-6-20(23(24,25)26)29(19)12-11-27(22)2/h3-6,15,30H,7-14H2,1-2H3. The number of hydrogen-bond acceptors (Lipinski definition) is 4. The zero-order valence-corrected chi connectivity index (χ0v) is 18.3. The molecule has 6 nitrogen and oxygen atoms in total. The van der Waals surface area contributed by atoms with Gasteiger partial charge >= 0.3 is 6.18 Å². The van der Waals surface area contributed by atoms with Crippen molar-refractivity contribution in [3.05, 3.63) is 52.8 Å². The molecule has 3 heterocycles. The van der Waals surface area contributed by atoms with Crippen molar-refractivity contribution in [1.29, 1.82) is 0 Å². The second-order valence-electron chi connectivity index (χ2n) is 8.55. The predicted molar refractivity (Wildman–Crippen MR) is 113 cm³/mol. The first-order chi connectivity index (χ1) is 15.2. The van der Waals surface area contributed by atoms with Gasteiger partial charge in [-0.15, -0.1) is 0 Å².